The van der Waals surface area contributed by atoms with Crippen molar-refractivity contribution in [2.24, 2.45) is 0 Å². The Kier molecular flexibility index (Phi) is 8.99. The van der Waals surface area contributed by atoms with Gasteiger partial charge in [-0.15, -0.1) is 12.8 Å². The van der Waals surface area contributed by atoms with E-state index in [4.69, 9.17) is 0 Å². The van der Waals surface area contributed by atoms with Crippen LogP contribution >= 0.6 is 0 Å². The lowest BCUT2D eigenvalue weighted by atomic mass is 10.1. The molecule has 1 heterocycles. The lowest BCUT2D eigenvalue weighted by Gasteiger charge is -2.00. The van der Waals surface area contributed by atoms with Gasteiger partial charge in [0.1, 0.15) is 0 Å². The maximum atomic E-state index is 4.00. The van der Waals surface area contributed by atoms with Crippen LogP contribution in [0.15, 0.2) is 18.7 Å². The van der Waals surface area contributed by atoms with Gasteiger partial charge in [0.2, 0.25) is 0 Å². The van der Waals surface area contributed by atoms with E-state index in [0.29, 0.717) is 0 Å². The van der Waals surface area contributed by atoms with Crippen LogP contribution in [0.5, 0.6) is 0 Å². The number of aryl methyl sites for hydroxylation is 1. The minimum atomic E-state index is 1.13. The molecule has 14 heavy (non-hydrogen) atoms. The Morgan fingerprint density at radius 1 is 1.14 bits per heavy atom. The van der Waals surface area contributed by atoms with E-state index in [9.17, 15) is 0 Å². The third kappa shape index (κ3) is 6.30. The molecule has 1 rings (SSSR count). The first-order valence-electron chi connectivity index (χ1n) is 5.22. The summed E-state index contributed by atoms with van der Waals surface area (Å²) < 4.78 is 2.14. The maximum absolute atomic E-state index is 4.00. The Balaban J connectivity index is 0.000000791. The fourth-order valence-corrected chi connectivity index (χ4v) is 1.32. The standard InChI is InChI=1S/C10H18N2.C2H2/c1-2-3-4-5-6-8-12-9-7-11-10-12;1-2/h7,9-10H,2-6,8H2,1H3;1-2H. The van der Waals surface area contributed by atoms with Gasteiger partial charge >= 0.3 is 0 Å². The molecule has 0 aliphatic heterocycles. The zero-order valence-electron chi connectivity index (χ0n) is 9.02. The Labute approximate surface area is 87.4 Å². The minimum Gasteiger partial charge on any atom is -0.337 e. The second kappa shape index (κ2) is 9.85. The Morgan fingerprint density at radius 2 is 1.86 bits per heavy atom. The summed E-state index contributed by atoms with van der Waals surface area (Å²) in [5.41, 5.74) is 0. The normalized spacial score (nSPS) is 9.07. The van der Waals surface area contributed by atoms with Crippen molar-refractivity contribution in [3.63, 3.8) is 0 Å². The first-order chi connectivity index (χ1) is 6.93. The Bertz CT molecular complexity index is 211. The summed E-state index contributed by atoms with van der Waals surface area (Å²) in [6.07, 6.45) is 20.5. The van der Waals surface area contributed by atoms with Gasteiger partial charge in [-0.3, -0.25) is 0 Å². The average Bonchev–Trinajstić information content (AvgIpc) is 2.74. The van der Waals surface area contributed by atoms with Crippen LogP contribution < -0.4 is 0 Å². The number of terminal acetylenes is 1. The van der Waals surface area contributed by atoms with Crippen molar-refractivity contribution < 1.29 is 0 Å². The van der Waals surface area contributed by atoms with Crippen LogP contribution in [0.2, 0.25) is 0 Å². The minimum absolute atomic E-state index is 1.13. The molecule has 0 N–H and O–H groups in total. The van der Waals surface area contributed by atoms with E-state index in [1.165, 1.54) is 32.1 Å². The summed E-state index contributed by atoms with van der Waals surface area (Å²) in [5, 5.41) is 0. The Hall–Kier alpha value is -1.23. The van der Waals surface area contributed by atoms with E-state index in [-0.39, 0.29) is 0 Å². The van der Waals surface area contributed by atoms with Crippen molar-refractivity contribution in [2.45, 2.75) is 45.6 Å². The van der Waals surface area contributed by atoms with E-state index < -0.39 is 0 Å². The predicted molar refractivity (Wildman–Crippen MR) is 60.9 cm³/mol. The molecule has 0 bridgehead atoms. The number of hydrogen-bond acceptors (Lipinski definition) is 1. The highest BCUT2D eigenvalue weighted by Gasteiger charge is 1.90. The largest absolute Gasteiger partial charge is 0.337 e. The van der Waals surface area contributed by atoms with Crippen molar-refractivity contribution >= 4 is 0 Å². The molecule has 0 aliphatic rings. The molecule has 0 aliphatic carbocycles. The van der Waals surface area contributed by atoms with Gasteiger partial charge in [-0.25, -0.2) is 4.98 Å². The van der Waals surface area contributed by atoms with E-state index in [2.05, 4.69) is 29.3 Å². The van der Waals surface area contributed by atoms with Crippen molar-refractivity contribution in [1.82, 2.24) is 9.55 Å². The smallest absolute Gasteiger partial charge is 0.0945 e. The molecule has 0 amide bonds. The number of rotatable bonds is 6. The molecule has 0 spiro atoms. The molecule has 78 valence electrons. The van der Waals surface area contributed by atoms with Crippen molar-refractivity contribution in [2.75, 3.05) is 0 Å². The molecular weight excluding hydrogens is 172 g/mol. The molecule has 1 aromatic rings. The fourth-order valence-electron chi connectivity index (χ4n) is 1.32. The molecule has 1 aromatic heterocycles. The molecule has 0 atom stereocenters. The topological polar surface area (TPSA) is 17.8 Å². The van der Waals surface area contributed by atoms with Crippen molar-refractivity contribution in [3.05, 3.63) is 18.7 Å². The van der Waals surface area contributed by atoms with Gasteiger partial charge < -0.3 is 4.57 Å². The molecule has 0 saturated heterocycles. The summed E-state index contributed by atoms with van der Waals surface area (Å²) in [6.45, 7) is 3.37. The van der Waals surface area contributed by atoms with E-state index >= 15 is 0 Å². The highest BCUT2D eigenvalue weighted by atomic mass is 15.0. The zero-order chi connectivity index (χ0) is 10.6. The van der Waals surface area contributed by atoms with Gasteiger partial charge in [-0.05, 0) is 6.42 Å². The molecule has 0 fully saturated rings. The predicted octanol–water partition coefficient (Wildman–Crippen LogP) is 3.10. The molecule has 0 unspecified atom stereocenters. The average molecular weight is 192 g/mol. The van der Waals surface area contributed by atoms with E-state index in [0.717, 1.165) is 6.54 Å². The van der Waals surface area contributed by atoms with Crippen LogP contribution in [0, 0.1) is 12.8 Å². The Morgan fingerprint density at radius 3 is 2.43 bits per heavy atom. The van der Waals surface area contributed by atoms with Gasteiger partial charge in [0, 0.05) is 18.9 Å². The highest BCUT2D eigenvalue weighted by molar-refractivity contribution is 4.73. The lowest BCUT2D eigenvalue weighted by Crippen LogP contribution is -1.93. The lowest BCUT2D eigenvalue weighted by molar-refractivity contribution is 0.568. The van der Waals surface area contributed by atoms with Crippen LogP contribution in [0.1, 0.15) is 39.0 Å². The van der Waals surface area contributed by atoms with Crippen LogP contribution in [0.3, 0.4) is 0 Å². The molecule has 0 aromatic carbocycles. The third-order valence-corrected chi connectivity index (χ3v) is 2.08. The second-order valence-electron chi connectivity index (χ2n) is 3.21. The second-order valence-corrected chi connectivity index (χ2v) is 3.21. The number of imidazole rings is 1. The summed E-state index contributed by atoms with van der Waals surface area (Å²) in [6, 6.07) is 0. The van der Waals surface area contributed by atoms with Crippen LogP contribution in [0.4, 0.5) is 0 Å². The molecule has 2 heteroatoms. The molecule has 0 saturated carbocycles. The van der Waals surface area contributed by atoms with Gasteiger partial charge in [-0.1, -0.05) is 32.6 Å². The summed E-state index contributed by atoms with van der Waals surface area (Å²) in [5.74, 6) is 0. The monoisotopic (exact) mass is 192 g/mol. The van der Waals surface area contributed by atoms with E-state index in [1.54, 1.807) is 0 Å². The van der Waals surface area contributed by atoms with E-state index in [1.807, 2.05) is 18.7 Å². The number of hydrogen-bond donors (Lipinski definition) is 0. The summed E-state index contributed by atoms with van der Waals surface area (Å²) in [7, 11) is 0. The van der Waals surface area contributed by atoms with Crippen LogP contribution in [-0.2, 0) is 6.54 Å². The molecule has 2 nitrogen and oxygen atoms in total. The third-order valence-electron chi connectivity index (χ3n) is 2.08. The number of aromatic nitrogens is 2. The number of unbranched alkanes of at least 4 members (excludes halogenated alkanes) is 4. The molecular formula is C12H20N2. The summed E-state index contributed by atoms with van der Waals surface area (Å²) >= 11 is 0. The van der Waals surface area contributed by atoms with Gasteiger partial charge in [0.25, 0.3) is 0 Å². The van der Waals surface area contributed by atoms with Gasteiger partial charge in [0.05, 0.1) is 6.33 Å². The van der Waals surface area contributed by atoms with Crippen molar-refractivity contribution in [1.29, 1.82) is 0 Å². The quantitative estimate of drug-likeness (QED) is 0.500. The summed E-state index contributed by atoms with van der Waals surface area (Å²) in [4.78, 5) is 4.00. The fraction of sp³-hybridized carbons (Fsp3) is 0.583. The first-order valence-corrected chi connectivity index (χ1v) is 5.22. The number of nitrogens with zero attached hydrogens (tertiary/aromatic N) is 2. The van der Waals surface area contributed by atoms with Gasteiger partial charge in [-0.2, -0.15) is 0 Å². The molecule has 0 radical (unpaired) electrons. The first kappa shape index (κ1) is 12.8. The SMILES string of the molecule is C#C.CCCCCCCn1ccnc1. The van der Waals surface area contributed by atoms with Crippen LogP contribution in [-0.4, -0.2) is 9.55 Å². The maximum Gasteiger partial charge on any atom is 0.0945 e. The zero-order valence-corrected chi connectivity index (χ0v) is 9.02. The van der Waals surface area contributed by atoms with Gasteiger partial charge in [0.15, 0.2) is 0 Å². The highest BCUT2D eigenvalue weighted by Crippen LogP contribution is 2.03. The van der Waals surface area contributed by atoms with Crippen molar-refractivity contribution in [3.8, 4) is 12.8 Å². The van der Waals surface area contributed by atoms with Crippen LogP contribution in [0.25, 0.3) is 0 Å².